The molecule has 0 aromatic carbocycles. The molecule has 1 heteroatoms. The van der Waals surface area contributed by atoms with E-state index in [1.807, 2.05) is 0 Å². The van der Waals surface area contributed by atoms with Crippen molar-refractivity contribution in [3.05, 3.63) is 0 Å². The predicted octanol–water partition coefficient (Wildman–Crippen LogP) is 2.56. The first-order valence-electron chi connectivity index (χ1n) is 5.31. The van der Waals surface area contributed by atoms with Crippen LogP contribution in [-0.2, 0) is 0 Å². The Kier molecular flexibility index (Phi) is 1.76. The standard InChI is InChI=1S/C11H21N/c1-9(2)11-6-4-10(3,5-7-11)8-12-11/h9,12H,4-8H2,1-3H3. The minimum absolute atomic E-state index is 0.512. The lowest BCUT2D eigenvalue weighted by molar-refractivity contribution is 0.0199. The van der Waals surface area contributed by atoms with Crippen molar-refractivity contribution in [3.8, 4) is 0 Å². The normalized spacial score (nSPS) is 47.0. The van der Waals surface area contributed by atoms with Crippen LogP contribution in [0.15, 0.2) is 0 Å². The van der Waals surface area contributed by atoms with Gasteiger partial charge in [0.25, 0.3) is 0 Å². The summed E-state index contributed by atoms with van der Waals surface area (Å²) in [5.41, 5.74) is 1.15. The van der Waals surface area contributed by atoms with Gasteiger partial charge in [-0.3, -0.25) is 0 Å². The van der Waals surface area contributed by atoms with Crippen LogP contribution in [0.2, 0.25) is 0 Å². The molecule has 3 aliphatic rings. The van der Waals surface area contributed by atoms with Gasteiger partial charge in [0.1, 0.15) is 0 Å². The molecule has 2 bridgehead atoms. The van der Waals surface area contributed by atoms with Gasteiger partial charge in [-0.2, -0.15) is 0 Å². The SMILES string of the molecule is CC(C)C12CCC(C)(CC1)CN2. The van der Waals surface area contributed by atoms with Gasteiger partial charge >= 0.3 is 0 Å². The molecule has 1 N–H and O–H groups in total. The third kappa shape index (κ3) is 1.10. The summed E-state index contributed by atoms with van der Waals surface area (Å²) in [6, 6.07) is 0. The van der Waals surface area contributed by atoms with Crippen LogP contribution < -0.4 is 5.32 Å². The molecule has 2 heterocycles. The smallest absolute Gasteiger partial charge is 0.0205 e. The summed E-state index contributed by atoms with van der Waals surface area (Å²) in [7, 11) is 0. The van der Waals surface area contributed by atoms with Crippen molar-refractivity contribution in [3.63, 3.8) is 0 Å². The van der Waals surface area contributed by atoms with E-state index in [2.05, 4.69) is 26.1 Å². The van der Waals surface area contributed by atoms with Gasteiger partial charge in [-0.15, -0.1) is 0 Å². The van der Waals surface area contributed by atoms with Gasteiger partial charge in [-0.1, -0.05) is 20.8 Å². The molecule has 2 saturated heterocycles. The average Bonchev–Trinajstić information content (AvgIpc) is 2.06. The van der Waals surface area contributed by atoms with Crippen molar-refractivity contribution in [1.29, 1.82) is 0 Å². The Labute approximate surface area is 75.9 Å². The molecular weight excluding hydrogens is 146 g/mol. The number of piperidine rings is 2. The van der Waals surface area contributed by atoms with Gasteiger partial charge < -0.3 is 5.32 Å². The van der Waals surface area contributed by atoms with Gasteiger partial charge in [-0.05, 0) is 37.0 Å². The van der Waals surface area contributed by atoms with Crippen molar-refractivity contribution < 1.29 is 0 Å². The van der Waals surface area contributed by atoms with E-state index in [-0.39, 0.29) is 0 Å². The van der Waals surface area contributed by atoms with Crippen LogP contribution in [0, 0.1) is 11.3 Å². The minimum Gasteiger partial charge on any atom is -0.310 e. The fourth-order valence-electron chi connectivity index (χ4n) is 2.82. The number of hydrogen-bond donors (Lipinski definition) is 1. The lowest BCUT2D eigenvalue weighted by Gasteiger charge is -2.55. The van der Waals surface area contributed by atoms with Crippen molar-refractivity contribution in [2.45, 2.75) is 52.0 Å². The first-order valence-corrected chi connectivity index (χ1v) is 5.31. The highest BCUT2D eigenvalue weighted by Gasteiger charge is 2.47. The molecule has 0 radical (unpaired) electrons. The molecule has 0 amide bonds. The second-order valence-electron chi connectivity index (χ2n) is 5.48. The maximum absolute atomic E-state index is 3.77. The van der Waals surface area contributed by atoms with Crippen LogP contribution >= 0.6 is 0 Å². The summed E-state index contributed by atoms with van der Waals surface area (Å²) < 4.78 is 0. The highest BCUT2D eigenvalue weighted by molar-refractivity contribution is 5.04. The van der Waals surface area contributed by atoms with Gasteiger partial charge in [0.2, 0.25) is 0 Å². The first-order chi connectivity index (χ1) is 5.56. The molecule has 1 aliphatic carbocycles. The van der Waals surface area contributed by atoms with Gasteiger partial charge in [-0.25, -0.2) is 0 Å². The number of nitrogens with one attached hydrogen (secondary N) is 1. The summed E-state index contributed by atoms with van der Waals surface area (Å²) in [5, 5.41) is 3.77. The molecule has 0 spiro atoms. The predicted molar refractivity (Wildman–Crippen MR) is 52.1 cm³/mol. The van der Waals surface area contributed by atoms with E-state index in [1.54, 1.807) is 0 Å². The summed E-state index contributed by atoms with van der Waals surface area (Å²) in [6.07, 6.45) is 5.69. The molecule has 70 valence electrons. The van der Waals surface area contributed by atoms with E-state index in [9.17, 15) is 0 Å². The molecular formula is C11H21N. The van der Waals surface area contributed by atoms with Crippen LogP contribution in [0.1, 0.15) is 46.5 Å². The third-order valence-corrected chi connectivity index (χ3v) is 4.32. The maximum Gasteiger partial charge on any atom is 0.0205 e. The molecule has 0 unspecified atom stereocenters. The molecule has 1 nitrogen and oxygen atoms in total. The molecule has 12 heavy (non-hydrogen) atoms. The molecule has 3 rings (SSSR count). The molecule has 1 saturated carbocycles. The van der Waals surface area contributed by atoms with Crippen molar-refractivity contribution >= 4 is 0 Å². The van der Waals surface area contributed by atoms with Crippen molar-refractivity contribution in [2.75, 3.05) is 6.54 Å². The molecule has 3 fully saturated rings. The van der Waals surface area contributed by atoms with E-state index in [0.29, 0.717) is 11.0 Å². The van der Waals surface area contributed by atoms with E-state index >= 15 is 0 Å². The zero-order valence-corrected chi connectivity index (χ0v) is 8.61. The van der Waals surface area contributed by atoms with E-state index in [1.165, 1.54) is 32.2 Å². The molecule has 0 atom stereocenters. The van der Waals surface area contributed by atoms with Crippen LogP contribution in [0.4, 0.5) is 0 Å². The van der Waals surface area contributed by atoms with E-state index < -0.39 is 0 Å². The van der Waals surface area contributed by atoms with Gasteiger partial charge in [0.05, 0.1) is 0 Å². The zero-order chi connectivity index (χ0) is 8.82. The van der Waals surface area contributed by atoms with Crippen LogP contribution in [0.3, 0.4) is 0 Å². The highest BCUT2D eigenvalue weighted by atomic mass is 15.0. The van der Waals surface area contributed by atoms with Gasteiger partial charge in [0, 0.05) is 12.1 Å². The number of fused-ring (bicyclic) bond motifs is 3. The second-order valence-corrected chi connectivity index (χ2v) is 5.48. The second kappa shape index (κ2) is 2.47. The molecule has 2 aliphatic heterocycles. The Morgan fingerprint density at radius 1 is 1.08 bits per heavy atom. The summed E-state index contributed by atoms with van der Waals surface area (Å²) >= 11 is 0. The monoisotopic (exact) mass is 167 g/mol. The minimum atomic E-state index is 0.512. The molecule has 0 aromatic rings. The Bertz CT molecular complexity index is 159. The van der Waals surface area contributed by atoms with Crippen LogP contribution in [0.5, 0.6) is 0 Å². The summed E-state index contributed by atoms with van der Waals surface area (Å²) in [6.45, 7) is 8.41. The Morgan fingerprint density at radius 3 is 2.00 bits per heavy atom. The largest absolute Gasteiger partial charge is 0.310 e. The summed E-state index contributed by atoms with van der Waals surface area (Å²) in [5.74, 6) is 0.808. The zero-order valence-electron chi connectivity index (χ0n) is 8.61. The Morgan fingerprint density at radius 2 is 1.67 bits per heavy atom. The van der Waals surface area contributed by atoms with Crippen molar-refractivity contribution in [1.82, 2.24) is 5.32 Å². The van der Waals surface area contributed by atoms with Crippen molar-refractivity contribution in [2.24, 2.45) is 11.3 Å². The number of rotatable bonds is 1. The lowest BCUT2D eigenvalue weighted by Crippen LogP contribution is -2.61. The summed E-state index contributed by atoms with van der Waals surface area (Å²) in [4.78, 5) is 0. The first kappa shape index (κ1) is 8.55. The maximum atomic E-state index is 3.77. The quantitative estimate of drug-likeness (QED) is 0.633. The topological polar surface area (TPSA) is 12.0 Å². The molecule has 0 aromatic heterocycles. The van der Waals surface area contributed by atoms with E-state index in [4.69, 9.17) is 0 Å². The van der Waals surface area contributed by atoms with Crippen LogP contribution in [-0.4, -0.2) is 12.1 Å². The highest BCUT2D eigenvalue weighted by Crippen LogP contribution is 2.47. The number of hydrogen-bond acceptors (Lipinski definition) is 1. The Hall–Kier alpha value is -0.0400. The van der Waals surface area contributed by atoms with Crippen LogP contribution in [0.25, 0.3) is 0 Å². The third-order valence-electron chi connectivity index (χ3n) is 4.32. The fraction of sp³-hybridized carbons (Fsp3) is 1.00. The average molecular weight is 167 g/mol. The Balaban J connectivity index is 2.14. The van der Waals surface area contributed by atoms with E-state index in [0.717, 1.165) is 5.92 Å². The fourth-order valence-corrected chi connectivity index (χ4v) is 2.82. The lowest BCUT2D eigenvalue weighted by atomic mass is 9.61. The van der Waals surface area contributed by atoms with Gasteiger partial charge in [0.15, 0.2) is 0 Å².